The van der Waals surface area contributed by atoms with E-state index in [0.29, 0.717) is 51.7 Å². The third-order valence-electron chi connectivity index (χ3n) is 8.79. The zero-order valence-electron chi connectivity index (χ0n) is 26.5. The van der Waals surface area contributed by atoms with Crippen molar-refractivity contribution in [2.45, 2.75) is 83.3 Å². The topological polar surface area (TPSA) is 166 Å². The molecule has 1 aromatic carbocycles. The van der Waals surface area contributed by atoms with Gasteiger partial charge in [-0.1, -0.05) is 45.2 Å². The van der Waals surface area contributed by atoms with Crippen molar-refractivity contribution in [2.24, 2.45) is 5.92 Å². The predicted molar refractivity (Wildman–Crippen MR) is 165 cm³/mol. The van der Waals surface area contributed by atoms with Crippen LogP contribution in [-0.4, -0.2) is 102 Å². The first-order valence-corrected chi connectivity index (χ1v) is 16.0. The molecule has 3 aliphatic rings. The van der Waals surface area contributed by atoms with Gasteiger partial charge in [-0.25, -0.2) is 0 Å². The second-order valence-electron chi connectivity index (χ2n) is 12.4. The number of rotatable bonds is 2. The molecule has 1 saturated carbocycles. The van der Waals surface area contributed by atoms with Crippen molar-refractivity contribution in [3.05, 3.63) is 29.8 Å². The summed E-state index contributed by atoms with van der Waals surface area (Å²) in [7, 11) is 0. The van der Waals surface area contributed by atoms with Gasteiger partial charge >= 0.3 is 0 Å². The van der Waals surface area contributed by atoms with Crippen LogP contribution in [0.4, 0.5) is 0 Å². The molecule has 4 N–H and O–H groups in total. The lowest BCUT2D eigenvalue weighted by Gasteiger charge is -2.38. The van der Waals surface area contributed by atoms with Gasteiger partial charge in [0, 0.05) is 33.1 Å². The van der Waals surface area contributed by atoms with E-state index in [1.807, 2.05) is 13.8 Å². The summed E-state index contributed by atoms with van der Waals surface area (Å²) in [6.45, 7) is 6.81. The fraction of sp³-hybridized carbons (Fsp3) is 0.625. The normalized spacial score (nSPS) is 23.8. The summed E-state index contributed by atoms with van der Waals surface area (Å²) in [4.78, 5) is 83.4. The Labute approximate surface area is 264 Å². The van der Waals surface area contributed by atoms with Crippen LogP contribution in [0.5, 0.6) is 5.75 Å². The molecule has 2 fully saturated rings. The molecule has 0 radical (unpaired) electrons. The fourth-order valence-corrected chi connectivity index (χ4v) is 6.22. The highest BCUT2D eigenvalue weighted by molar-refractivity contribution is 6.01. The van der Waals surface area contributed by atoms with E-state index >= 15 is 0 Å². The van der Waals surface area contributed by atoms with Crippen LogP contribution < -0.4 is 26.0 Å². The molecule has 246 valence electrons. The van der Waals surface area contributed by atoms with Gasteiger partial charge in [-0.15, -0.1) is 0 Å². The number of nitrogens with zero attached hydrogens (tertiary/aromatic N) is 2. The summed E-state index contributed by atoms with van der Waals surface area (Å²) in [5, 5.41) is 11.4. The Hall–Kier alpha value is -4.16. The Morgan fingerprint density at radius 1 is 0.911 bits per heavy atom. The molecule has 1 saturated heterocycles. The number of hydrogen-bond donors (Lipinski definition) is 4. The third-order valence-corrected chi connectivity index (χ3v) is 8.79. The van der Waals surface area contributed by atoms with Gasteiger partial charge in [-0.3, -0.25) is 28.8 Å². The van der Waals surface area contributed by atoms with Gasteiger partial charge < -0.3 is 35.8 Å². The van der Waals surface area contributed by atoms with Crippen molar-refractivity contribution < 1.29 is 33.5 Å². The van der Waals surface area contributed by atoms with Gasteiger partial charge in [0.15, 0.2) is 0 Å². The molecule has 45 heavy (non-hydrogen) atoms. The standard InChI is InChI=1S/C32H46N6O7/c1-21(2)27-29(42)33-14-19-45-25-11-6-5-10-23(25)28(41)34-24(30(43)38-16-9-15-37(17-18-38)22(3)39)20-26(40)36-32(31(44)35-27)12-7-4-8-13-32/h5-6,10-11,21,24,27H,4,7-9,12-20H2,1-3H3,(H,33,42)(H,34,41)(H,35,44)(H,36,40)/t24-,27+/m0/s1. The number of fused-ring (bicyclic) bond motifs is 1. The van der Waals surface area contributed by atoms with Gasteiger partial charge in [0.05, 0.1) is 18.5 Å². The van der Waals surface area contributed by atoms with E-state index in [0.717, 1.165) is 6.42 Å². The van der Waals surface area contributed by atoms with Gasteiger partial charge in [-0.05, 0) is 37.3 Å². The number of para-hydroxylation sites is 1. The van der Waals surface area contributed by atoms with Crippen molar-refractivity contribution in [2.75, 3.05) is 39.3 Å². The first-order valence-electron chi connectivity index (χ1n) is 16.0. The average molecular weight is 627 g/mol. The molecule has 6 amide bonds. The molecule has 13 nitrogen and oxygen atoms in total. The molecule has 2 heterocycles. The van der Waals surface area contributed by atoms with Crippen LogP contribution in [0.1, 0.15) is 76.1 Å². The lowest BCUT2D eigenvalue weighted by Crippen LogP contribution is -2.64. The Morgan fingerprint density at radius 3 is 2.31 bits per heavy atom. The van der Waals surface area contributed by atoms with Gasteiger partial charge in [-0.2, -0.15) is 0 Å². The van der Waals surface area contributed by atoms with Crippen molar-refractivity contribution in [3.63, 3.8) is 0 Å². The summed E-state index contributed by atoms with van der Waals surface area (Å²) in [6.07, 6.45) is 3.25. The van der Waals surface area contributed by atoms with Gasteiger partial charge in [0.1, 0.15) is 30.0 Å². The molecule has 2 aliphatic heterocycles. The molecule has 0 aromatic heterocycles. The van der Waals surface area contributed by atoms with Crippen LogP contribution in [0.15, 0.2) is 24.3 Å². The van der Waals surface area contributed by atoms with Crippen molar-refractivity contribution in [3.8, 4) is 5.75 Å². The second-order valence-corrected chi connectivity index (χ2v) is 12.4. The minimum absolute atomic E-state index is 0.0571. The quantitative estimate of drug-likeness (QED) is 0.376. The molecule has 1 spiro atoms. The SMILES string of the molecule is CC(=O)N1CCCN(C(=O)[C@@H]2CC(=O)NC3(CCCCC3)C(=O)N[C@H](C(C)C)C(=O)NCCOc3ccccc3C(=O)N2)CC1. The zero-order valence-corrected chi connectivity index (χ0v) is 26.5. The first kappa shape index (κ1) is 33.7. The van der Waals surface area contributed by atoms with Gasteiger partial charge in [0.2, 0.25) is 29.5 Å². The van der Waals surface area contributed by atoms with E-state index in [2.05, 4.69) is 21.3 Å². The highest BCUT2D eigenvalue weighted by atomic mass is 16.5. The molecule has 13 heteroatoms. The van der Waals surface area contributed by atoms with Crippen molar-refractivity contribution in [1.29, 1.82) is 0 Å². The van der Waals surface area contributed by atoms with Crippen LogP contribution in [0.25, 0.3) is 0 Å². The summed E-state index contributed by atoms with van der Waals surface area (Å²) in [5.41, 5.74) is -1.08. The molecule has 1 aromatic rings. The van der Waals surface area contributed by atoms with Crippen LogP contribution in [0, 0.1) is 5.92 Å². The van der Waals surface area contributed by atoms with Crippen LogP contribution >= 0.6 is 0 Å². The third kappa shape index (κ3) is 8.52. The maximum absolute atomic E-state index is 13.9. The second kappa shape index (κ2) is 15.2. The number of carbonyl (C=O) groups is 6. The predicted octanol–water partition coefficient (Wildman–Crippen LogP) is 0.724. The molecular weight excluding hydrogens is 580 g/mol. The Bertz CT molecular complexity index is 1280. The number of carbonyl (C=O) groups excluding carboxylic acids is 6. The summed E-state index contributed by atoms with van der Waals surface area (Å²) >= 11 is 0. The van der Waals surface area contributed by atoms with E-state index in [1.165, 1.54) is 6.92 Å². The van der Waals surface area contributed by atoms with Crippen LogP contribution in [-0.2, 0) is 24.0 Å². The smallest absolute Gasteiger partial charge is 0.255 e. The zero-order chi connectivity index (χ0) is 32.6. The summed E-state index contributed by atoms with van der Waals surface area (Å²) in [6, 6.07) is 4.47. The minimum Gasteiger partial charge on any atom is -0.491 e. The Kier molecular flexibility index (Phi) is 11.4. The van der Waals surface area contributed by atoms with Crippen LogP contribution in [0.2, 0.25) is 0 Å². The first-order chi connectivity index (χ1) is 21.5. The van der Waals surface area contributed by atoms with E-state index in [9.17, 15) is 28.8 Å². The van der Waals surface area contributed by atoms with E-state index in [1.54, 1.807) is 34.1 Å². The molecular formula is C32H46N6O7. The van der Waals surface area contributed by atoms with E-state index in [-0.39, 0.29) is 48.7 Å². The highest BCUT2D eigenvalue weighted by Gasteiger charge is 2.43. The van der Waals surface area contributed by atoms with E-state index in [4.69, 9.17) is 4.74 Å². The number of amides is 6. The molecule has 0 bridgehead atoms. The summed E-state index contributed by atoms with van der Waals surface area (Å²) < 4.78 is 5.85. The van der Waals surface area contributed by atoms with Crippen molar-refractivity contribution >= 4 is 35.4 Å². The number of benzene rings is 1. The maximum Gasteiger partial charge on any atom is 0.255 e. The lowest BCUT2D eigenvalue weighted by atomic mass is 9.80. The van der Waals surface area contributed by atoms with Crippen LogP contribution in [0.3, 0.4) is 0 Å². The largest absolute Gasteiger partial charge is 0.491 e. The molecule has 2 atom stereocenters. The fourth-order valence-electron chi connectivity index (χ4n) is 6.22. The average Bonchev–Trinajstić information content (AvgIpc) is 3.28. The lowest BCUT2D eigenvalue weighted by molar-refractivity contribution is -0.139. The highest BCUT2D eigenvalue weighted by Crippen LogP contribution is 2.29. The Morgan fingerprint density at radius 2 is 1.60 bits per heavy atom. The number of nitrogens with one attached hydrogen (secondary N) is 4. The van der Waals surface area contributed by atoms with Crippen molar-refractivity contribution in [1.82, 2.24) is 31.1 Å². The minimum atomic E-state index is -1.26. The number of hydrogen-bond acceptors (Lipinski definition) is 7. The summed E-state index contributed by atoms with van der Waals surface area (Å²) in [5.74, 6) is -2.49. The molecule has 4 rings (SSSR count). The monoisotopic (exact) mass is 626 g/mol. The Balaban J connectivity index is 1.66. The van der Waals surface area contributed by atoms with Gasteiger partial charge in [0.25, 0.3) is 5.91 Å². The maximum atomic E-state index is 13.9. The number of ether oxygens (including phenoxy) is 1. The molecule has 0 unspecified atom stereocenters. The molecule has 1 aliphatic carbocycles. The van der Waals surface area contributed by atoms with E-state index < -0.39 is 47.7 Å².